The average molecular weight is 437 g/mol. The van der Waals surface area contributed by atoms with Gasteiger partial charge in [0.1, 0.15) is 11.3 Å². The molecule has 2 amide bonds. The molecular formula is C23H28N6O3. The number of nitrogens with two attached hydrogens (primary N) is 1. The van der Waals surface area contributed by atoms with E-state index in [0.717, 1.165) is 18.4 Å². The number of hydrogen-bond donors (Lipinski definition) is 3. The molecular weight excluding hydrogens is 408 g/mol. The Balaban J connectivity index is 1.56. The fraction of sp³-hybridized carbons (Fsp3) is 0.478. The number of anilines is 1. The molecule has 2 fully saturated rings. The normalized spacial score (nSPS) is 19.1. The van der Waals surface area contributed by atoms with Gasteiger partial charge < -0.3 is 16.2 Å². The number of hydrogen-bond acceptors (Lipinski definition) is 6. The zero-order valence-corrected chi connectivity index (χ0v) is 18.1. The predicted octanol–water partition coefficient (Wildman–Crippen LogP) is 2.50. The van der Waals surface area contributed by atoms with Crippen LogP contribution in [-0.2, 0) is 10.3 Å². The van der Waals surface area contributed by atoms with E-state index < -0.39 is 11.4 Å². The zero-order valence-electron chi connectivity index (χ0n) is 18.1. The number of likely N-dealkylation sites (tertiary alicyclic amines) is 1. The summed E-state index contributed by atoms with van der Waals surface area (Å²) in [6.07, 6.45) is 4.72. The summed E-state index contributed by atoms with van der Waals surface area (Å²) in [4.78, 5) is 26.5. The number of rotatable bonds is 7. The van der Waals surface area contributed by atoms with Crippen LogP contribution in [-0.4, -0.2) is 44.7 Å². The van der Waals surface area contributed by atoms with E-state index in [9.17, 15) is 20.0 Å². The summed E-state index contributed by atoms with van der Waals surface area (Å²) in [6, 6.07) is 9.58. The molecule has 1 unspecified atom stereocenters. The first-order chi connectivity index (χ1) is 15.3. The number of amides is 2. The van der Waals surface area contributed by atoms with Crippen LogP contribution in [0.5, 0.6) is 5.75 Å². The molecule has 4 N–H and O–H groups in total. The molecule has 2 heterocycles. The molecule has 1 aliphatic heterocycles. The van der Waals surface area contributed by atoms with Gasteiger partial charge in [0.05, 0.1) is 18.0 Å². The molecule has 1 aliphatic carbocycles. The molecule has 0 spiro atoms. The molecule has 2 aliphatic rings. The first-order valence-corrected chi connectivity index (χ1v) is 10.9. The number of nitrogens with zero attached hydrogens (tertiary/aromatic N) is 4. The van der Waals surface area contributed by atoms with Gasteiger partial charge in [0.2, 0.25) is 5.91 Å². The Morgan fingerprint density at radius 3 is 2.62 bits per heavy atom. The molecule has 1 saturated carbocycles. The van der Waals surface area contributed by atoms with Crippen molar-refractivity contribution in [1.29, 1.82) is 5.26 Å². The van der Waals surface area contributed by atoms with E-state index in [2.05, 4.69) is 28.3 Å². The number of phenolic OH excluding ortho intramolecular Hbond substituents is 1. The Morgan fingerprint density at radius 2 is 2.03 bits per heavy atom. The SMILES string of the molecule is CC(c1ccccc1O)N1CCC(CC#N)(n2cc(C(N)=O)c(NC(=O)C3CC3)n2)CC1. The van der Waals surface area contributed by atoms with Crippen LogP contribution >= 0.6 is 0 Å². The number of para-hydroxylation sites is 1. The van der Waals surface area contributed by atoms with E-state index in [0.29, 0.717) is 25.9 Å². The summed E-state index contributed by atoms with van der Waals surface area (Å²) >= 11 is 0. The quantitative estimate of drug-likeness (QED) is 0.610. The van der Waals surface area contributed by atoms with Gasteiger partial charge in [0.15, 0.2) is 5.82 Å². The second-order valence-electron chi connectivity index (χ2n) is 8.79. The molecule has 9 heteroatoms. The number of aromatic hydroxyl groups is 1. The Hall–Kier alpha value is -3.38. The lowest BCUT2D eigenvalue weighted by atomic mass is 9.84. The van der Waals surface area contributed by atoms with Crippen molar-refractivity contribution in [1.82, 2.24) is 14.7 Å². The topological polar surface area (TPSA) is 137 Å². The van der Waals surface area contributed by atoms with Crippen LogP contribution < -0.4 is 11.1 Å². The minimum absolute atomic E-state index is 0.0171. The number of piperidine rings is 1. The molecule has 9 nitrogen and oxygen atoms in total. The summed E-state index contributed by atoms with van der Waals surface area (Å²) < 4.78 is 1.65. The Labute approximate surface area is 186 Å². The molecule has 2 aromatic rings. The Bertz CT molecular complexity index is 1060. The third-order valence-electron chi connectivity index (χ3n) is 6.73. The number of carbonyl (C=O) groups excluding carboxylic acids is 2. The van der Waals surface area contributed by atoms with Gasteiger partial charge in [0.25, 0.3) is 5.91 Å². The lowest BCUT2D eigenvalue weighted by molar-refractivity contribution is -0.117. The summed E-state index contributed by atoms with van der Waals surface area (Å²) in [6.45, 7) is 3.43. The lowest BCUT2D eigenvalue weighted by Crippen LogP contribution is -2.47. The third kappa shape index (κ3) is 4.18. The van der Waals surface area contributed by atoms with Crippen molar-refractivity contribution in [3.05, 3.63) is 41.6 Å². The number of aromatic nitrogens is 2. The van der Waals surface area contributed by atoms with E-state index in [1.807, 2.05) is 12.1 Å². The number of benzene rings is 1. The fourth-order valence-electron chi connectivity index (χ4n) is 4.45. The minimum atomic E-state index is -0.667. The Kier molecular flexibility index (Phi) is 5.89. The van der Waals surface area contributed by atoms with Gasteiger partial charge in [-0.05, 0) is 38.7 Å². The number of nitrogens with one attached hydrogen (secondary N) is 1. The van der Waals surface area contributed by atoms with E-state index in [4.69, 9.17) is 5.73 Å². The molecule has 0 radical (unpaired) electrons. The molecule has 1 saturated heterocycles. The van der Waals surface area contributed by atoms with Crippen LogP contribution in [0.4, 0.5) is 5.82 Å². The lowest BCUT2D eigenvalue weighted by Gasteiger charge is -2.43. The van der Waals surface area contributed by atoms with Crippen LogP contribution in [0, 0.1) is 17.2 Å². The molecule has 168 valence electrons. The van der Waals surface area contributed by atoms with Crippen molar-refractivity contribution in [2.24, 2.45) is 11.7 Å². The highest BCUT2D eigenvalue weighted by atomic mass is 16.3. The van der Waals surface area contributed by atoms with Gasteiger partial charge in [-0.25, -0.2) is 0 Å². The second-order valence-corrected chi connectivity index (χ2v) is 8.79. The largest absolute Gasteiger partial charge is 0.508 e. The van der Waals surface area contributed by atoms with Gasteiger partial charge in [0, 0.05) is 36.8 Å². The van der Waals surface area contributed by atoms with Crippen LogP contribution in [0.25, 0.3) is 0 Å². The average Bonchev–Trinajstić information content (AvgIpc) is 3.54. The van der Waals surface area contributed by atoms with Crippen molar-refractivity contribution in [2.75, 3.05) is 18.4 Å². The molecule has 1 aromatic carbocycles. The second kappa shape index (κ2) is 8.63. The first kappa shape index (κ1) is 21.8. The molecule has 1 atom stereocenters. The zero-order chi connectivity index (χ0) is 22.9. The smallest absolute Gasteiger partial charge is 0.254 e. The number of nitriles is 1. The molecule has 0 bridgehead atoms. The van der Waals surface area contributed by atoms with Crippen molar-refractivity contribution in [3.63, 3.8) is 0 Å². The third-order valence-corrected chi connectivity index (χ3v) is 6.73. The highest BCUT2D eigenvalue weighted by Crippen LogP contribution is 2.38. The highest BCUT2D eigenvalue weighted by molar-refractivity contribution is 6.02. The first-order valence-electron chi connectivity index (χ1n) is 10.9. The van der Waals surface area contributed by atoms with Crippen LogP contribution in [0.2, 0.25) is 0 Å². The minimum Gasteiger partial charge on any atom is -0.508 e. The van der Waals surface area contributed by atoms with Crippen molar-refractivity contribution in [3.8, 4) is 11.8 Å². The van der Waals surface area contributed by atoms with Crippen molar-refractivity contribution < 1.29 is 14.7 Å². The fourth-order valence-corrected chi connectivity index (χ4v) is 4.45. The molecule has 4 rings (SSSR count). The van der Waals surface area contributed by atoms with E-state index in [1.165, 1.54) is 0 Å². The van der Waals surface area contributed by atoms with E-state index >= 15 is 0 Å². The Morgan fingerprint density at radius 1 is 1.34 bits per heavy atom. The van der Waals surface area contributed by atoms with Crippen LogP contribution in [0.3, 0.4) is 0 Å². The van der Waals surface area contributed by atoms with Crippen LogP contribution in [0.15, 0.2) is 30.5 Å². The van der Waals surface area contributed by atoms with Crippen molar-refractivity contribution in [2.45, 2.75) is 50.6 Å². The molecule has 32 heavy (non-hydrogen) atoms. The number of phenols is 1. The van der Waals surface area contributed by atoms with Gasteiger partial charge in [-0.15, -0.1) is 0 Å². The standard InChI is InChI=1S/C23H28N6O3/c1-15(17-4-2-3-5-19(17)30)28-12-9-23(8-11-24,10-13-28)29-14-18(20(25)31)21(27-29)26-22(32)16-6-7-16/h2-5,14-16,30H,6-10,12-13H2,1H3,(H2,25,31)(H,26,27,32). The van der Waals surface area contributed by atoms with E-state index in [1.54, 1.807) is 23.0 Å². The number of primary amides is 1. The predicted molar refractivity (Wildman–Crippen MR) is 118 cm³/mol. The highest BCUT2D eigenvalue weighted by Gasteiger charge is 2.40. The van der Waals surface area contributed by atoms with Crippen LogP contribution in [0.1, 0.15) is 61.0 Å². The maximum Gasteiger partial charge on any atom is 0.254 e. The van der Waals surface area contributed by atoms with Gasteiger partial charge >= 0.3 is 0 Å². The summed E-state index contributed by atoms with van der Waals surface area (Å²) in [5.41, 5.74) is 5.96. The maximum atomic E-state index is 12.2. The van der Waals surface area contributed by atoms with E-state index in [-0.39, 0.29) is 41.4 Å². The summed E-state index contributed by atoms with van der Waals surface area (Å²) in [5, 5.41) is 27.0. The summed E-state index contributed by atoms with van der Waals surface area (Å²) in [5.74, 6) is -0.425. The monoisotopic (exact) mass is 436 g/mol. The molecule has 1 aromatic heterocycles. The van der Waals surface area contributed by atoms with Gasteiger partial charge in [-0.3, -0.25) is 19.2 Å². The van der Waals surface area contributed by atoms with Gasteiger partial charge in [-0.2, -0.15) is 10.4 Å². The number of carbonyl (C=O) groups is 2. The van der Waals surface area contributed by atoms with Crippen molar-refractivity contribution >= 4 is 17.6 Å². The maximum absolute atomic E-state index is 12.2. The van der Waals surface area contributed by atoms with Gasteiger partial charge in [-0.1, -0.05) is 18.2 Å². The summed E-state index contributed by atoms with van der Waals surface area (Å²) in [7, 11) is 0.